The number of carbonyl (C=O) groups excluding carboxylic acids is 2. The third kappa shape index (κ3) is 5.17. The number of piperidine rings is 1. The van der Waals surface area contributed by atoms with Crippen LogP contribution in [0.15, 0.2) is 46.9 Å². The molecule has 0 spiro atoms. The molecule has 0 saturated carbocycles. The number of primary amides is 1. The number of oxazole rings is 1. The molecule has 0 bridgehead atoms. The topological polar surface area (TPSA) is 122 Å². The molecule has 1 aliphatic rings. The minimum atomic E-state index is -0.932. The molecule has 0 radical (unpaired) electrons. The Morgan fingerprint density at radius 3 is 2.39 bits per heavy atom. The SMILES string of the molecule is NC(=O)c1nc(-c2c(F)cccc2F)oc1Nc1ccc(C(=O)NCC2CCNCC2)cc1. The lowest BCUT2D eigenvalue weighted by molar-refractivity contribution is 0.0943. The number of hydrogen-bond donors (Lipinski definition) is 4. The lowest BCUT2D eigenvalue weighted by Crippen LogP contribution is -2.35. The van der Waals surface area contributed by atoms with Gasteiger partial charge in [-0.1, -0.05) is 6.07 Å². The van der Waals surface area contributed by atoms with E-state index in [1.807, 2.05) is 0 Å². The Hall–Kier alpha value is -3.79. The molecule has 0 atom stereocenters. The Morgan fingerprint density at radius 1 is 1.09 bits per heavy atom. The number of anilines is 2. The van der Waals surface area contributed by atoms with Gasteiger partial charge in [-0.15, -0.1) is 0 Å². The lowest BCUT2D eigenvalue weighted by Gasteiger charge is -2.22. The number of nitrogens with zero attached hydrogens (tertiary/aromatic N) is 1. The smallest absolute Gasteiger partial charge is 0.273 e. The van der Waals surface area contributed by atoms with Gasteiger partial charge in [-0.3, -0.25) is 9.59 Å². The number of nitrogens with one attached hydrogen (secondary N) is 3. The largest absolute Gasteiger partial charge is 0.419 e. The third-order valence-electron chi connectivity index (χ3n) is 5.45. The molecule has 3 aromatic rings. The predicted octanol–water partition coefficient (Wildman–Crippen LogP) is 3.19. The Balaban J connectivity index is 1.48. The maximum Gasteiger partial charge on any atom is 0.273 e. The van der Waals surface area contributed by atoms with Crippen molar-refractivity contribution in [3.63, 3.8) is 0 Å². The van der Waals surface area contributed by atoms with Gasteiger partial charge in [0, 0.05) is 17.8 Å². The number of nitrogens with two attached hydrogens (primary N) is 1. The second kappa shape index (κ2) is 9.78. The fraction of sp³-hybridized carbons (Fsp3) is 0.261. The first-order chi connectivity index (χ1) is 15.9. The highest BCUT2D eigenvalue weighted by Crippen LogP contribution is 2.31. The van der Waals surface area contributed by atoms with Gasteiger partial charge in [0.2, 0.25) is 11.8 Å². The zero-order valence-corrected chi connectivity index (χ0v) is 17.7. The van der Waals surface area contributed by atoms with Crippen molar-refractivity contribution in [1.29, 1.82) is 0 Å². The van der Waals surface area contributed by atoms with E-state index in [-0.39, 0.29) is 17.5 Å². The minimum absolute atomic E-state index is 0.164. The standard InChI is InChI=1S/C23H23F2N5O3/c24-16-2-1-3-17(25)18(16)22-30-19(20(26)31)23(33-22)29-15-6-4-14(5-7-15)21(32)28-12-13-8-10-27-11-9-13/h1-7,13,27,29H,8-12H2,(H2,26,31)(H,28,32). The average Bonchev–Trinajstić information content (AvgIpc) is 3.22. The van der Waals surface area contributed by atoms with E-state index in [0.29, 0.717) is 23.7 Å². The zero-order valence-electron chi connectivity index (χ0n) is 17.7. The molecule has 2 aromatic carbocycles. The third-order valence-corrected chi connectivity index (χ3v) is 5.45. The van der Waals surface area contributed by atoms with E-state index in [1.165, 1.54) is 6.07 Å². The van der Waals surface area contributed by atoms with Crippen LogP contribution in [0.25, 0.3) is 11.5 Å². The monoisotopic (exact) mass is 455 g/mol. The van der Waals surface area contributed by atoms with E-state index in [9.17, 15) is 18.4 Å². The summed E-state index contributed by atoms with van der Waals surface area (Å²) in [5.41, 5.74) is 5.46. The van der Waals surface area contributed by atoms with Crippen molar-refractivity contribution in [1.82, 2.24) is 15.6 Å². The van der Waals surface area contributed by atoms with Crippen molar-refractivity contribution in [3.05, 3.63) is 65.4 Å². The van der Waals surface area contributed by atoms with Crippen LogP contribution in [0.5, 0.6) is 0 Å². The molecule has 1 fully saturated rings. The van der Waals surface area contributed by atoms with Crippen molar-refractivity contribution in [3.8, 4) is 11.5 Å². The maximum atomic E-state index is 14.1. The number of halogens is 2. The van der Waals surface area contributed by atoms with Gasteiger partial charge in [0.05, 0.1) is 0 Å². The molecular weight excluding hydrogens is 432 g/mol. The number of carbonyl (C=O) groups is 2. The average molecular weight is 455 g/mol. The molecule has 8 nitrogen and oxygen atoms in total. The number of hydrogen-bond acceptors (Lipinski definition) is 6. The molecule has 10 heteroatoms. The van der Waals surface area contributed by atoms with E-state index < -0.39 is 29.0 Å². The van der Waals surface area contributed by atoms with Crippen molar-refractivity contribution >= 4 is 23.4 Å². The summed E-state index contributed by atoms with van der Waals surface area (Å²) >= 11 is 0. The molecule has 2 heterocycles. The molecule has 4 rings (SSSR count). The zero-order chi connectivity index (χ0) is 23.4. The van der Waals surface area contributed by atoms with Crippen molar-refractivity contribution in [2.45, 2.75) is 12.8 Å². The summed E-state index contributed by atoms with van der Waals surface area (Å²) in [5, 5.41) is 9.05. The number of amides is 2. The summed E-state index contributed by atoms with van der Waals surface area (Å²) in [4.78, 5) is 28.1. The van der Waals surface area contributed by atoms with Crippen LogP contribution in [0.2, 0.25) is 0 Å². The van der Waals surface area contributed by atoms with Gasteiger partial charge in [0.15, 0.2) is 5.69 Å². The van der Waals surface area contributed by atoms with E-state index in [2.05, 4.69) is 20.9 Å². The summed E-state index contributed by atoms with van der Waals surface area (Å²) in [6, 6.07) is 9.74. The quantitative estimate of drug-likeness (QED) is 0.434. The van der Waals surface area contributed by atoms with Gasteiger partial charge >= 0.3 is 0 Å². The second-order valence-electron chi connectivity index (χ2n) is 7.76. The fourth-order valence-electron chi connectivity index (χ4n) is 3.64. The summed E-state index contributed by atoms with van der Waals surface area (Å²) in [6.07, 6.45) is 2.06. The Labute approximate surface area is 188 Å². The Bertz CT molecular complexity index is 1140. The molecule has 172 valence electrons. The predicted molar refractivity (Wildman–Crippen MR) is 118 cm³/mol. The summed E-state index contributed by atoms with van der Waals surface area (Å²) in [6.45, 7) is 2.54. The highest BCUT2D eigenvalue weighted by Gasteiger charge is 2.23. The van der Waals surface area contributed by atoms with Gasteiger partial charge in [-0.05, 0) is 68.2 Å². The molecular formula is C23H23F2N5O3. The molecule has 1 aliphatic heterocycles. The first kappa shape index (κ1) is 22.4. The van der Waals surface area contributed by atoms with Gasteiger partial charge < -0.3 is 26.1 Å². The van der Waals surface area contributed by atoms with Crippen molar-refractivity contribution < 1.29 is 22.8 Å². The van der Waals surface area contributed by atoms with Crippen LogP contribution in [-0.2, 0) is 0 Å². The van der Waals surface area contributed by atoms with Crippen molar-refractivity contribution in [2.75, 3.05) is 25.0 Å². The van der Waals surface area contributed by atoms with Crippen LogP contribution in [-0.4, -0.2) is 36.4 Å². The molecule has 33 heavy (non-hydrogen) atoms. The first-order valence-electron chi connectivity index (χ1n) is 10.5. The number of benzene rings is 2. The van der Waals surface area contributed by atoms with Crippen LogP contribution >= 0.6 is 0 Å². The van der Waals surface area contributed by atoms with Crippen LogP contribution in [0, 0.1) is 17.6 Å². The van der Waals surface area contributed by atoms with Gasteiger partial charge in [-0.2, -0.15) is 0 Å². The Morgan fingerprint density at radius 2 is 1.76 bits per heavy atom. The number of rotatable bonds is 7. The number of aromatic nitrogens is 1. The minimum Gasteiger partial charge on any atom is -0.419 e. The molecule has 1 aromatic heterocycles. The van der Waals surface area contributed by atoms with Gasteiger partial charge in [0.1, 0.15) is 17.2 Å². The normalized spacial score (nSPS) is 14.1. The lowest BCUT2D eigenvalue weighted by atomic mass is 9.98. The summed E-state index contributed by atoms with van der Waals surface area (Å²) in [7, 11) is 0. The van der Waals surface area contributed by atoms with Crippen LogP contribution in [0.3, 0.4) is 0 Å². The van der Waals surface area contributed by atoms with Crippen LogP contribution < -0.4 is 21.7 Å². The van der Waals surface area contributed by atoms with Gasteiger partial charge in [0.25, 0.3) is 11.8 Å². The van der Waals surface area contributed by atoms with Gasteiger partial charge in [-0.25, -0.2) is 13.8 Å². The maximum absolute atomic E-state index is 14.1. The molecule has 1 saturated heterocycles. The van der Waals surface area contributed by atoms with E-state index >= 15 is 0 Å². The molecule has 5 N–H and O–H groups in total. The van der Waals surface area contributed by atoms with Crippen LogP contribution in [0.1, 0.15) is 33.7 Å². The van der Waals surface area contributed by atoms with Crippen LogP contribution in [0.4, 0.5) is 20.4 Å². The summed E-state index contributed by atoms with van der Waals surface area (Å²) < 4.78 is 33.6. The Kier molecular flexibility index (Phi) is 6.64. The molecule has 2 amide bonds. The van der Waals surface area contributed by atoms with E-state index in [4.69, 9.17) is 10.2 Å². The first-order valence-corrected chi connectivity index (χ1v) is 10.5. The second-order valence-corrected chi connectivity index (χ2v) is 7.76. The highest BCUT2D eigenvalue weighted by atomic mass is 19.1. The molecule has 0 aliphatic carbocycles. The molecule has 0 unspecified atom stereocenters. The van der Waals surface area contributed by atoms with Crippen molar-refractivity contribution in [2.24, 2.45) is 11.7 Å². The fourth-order valence-corrected chi connectivity index (χ4v) is 3.64. The highest BCUT2D eigenvalue weighted by molar-refractivity contribution is 5.97. The van der Waals surface area contributed by atoms with E-state index in [1.54, 1.807) is 24.3 Å². The van der Waals surface area contributed by atoms with E-state index in [0.717, 1.165) is 38.1 Å². The summed E-state index contributed by atoms with van der Waals surface area (Å²) in [5.74, 6) is -3.02.